The molecule has 76 valence electrons. The first kappa shape index (κ1) is 9.39. The third kappa shape index (κ3) is 1.85. The van der Waals surface area contributed by atoms with Gasteiger partial charge < -0.3 is 9.73 Å². The molecule has 0 saturated carbocycles. The van der Waals surface area contributed by atoms with Gasteiger partial charge in [-0.2, -0.15) is 0 Å². The van der Waals surface area contributed by atoms with E-state index in [1.165, 1.54) is 6.39 Å². The van der Waals surface area contributed by atoms with Crippen LogP contribution in [0.4, 0.5) is 5.69 Å². The van der Waals surface area contributed by atoms with E-state index in [4.69, 9.17) is 4.42 Å². The number of benzene rings is 1. The highest BCUT2D eigenvalue weighted by Gasteiger charge is 2.05. The molecule has 0 aliphatic heterocycles. The first-order valence-electron chi connectivity index (χ1n) is 4.38. The summed E-state index contributed by atoms with van der Waals surface area (Å²) >= 11 is 0. The molecule has 2 rings (SSSR count). The fraction of sp³-hybridized carbons (Fsp3) is 0.100. The van der Waals surface area contributed by atoms with Crippen LogP contribution in [0.3, 0.4) is 0 Å². The molecule has 0 bridgehead atoms. The SMILES string of the molecule is Cc1ccc(-c2nnco2)cc1NC=O. The third-order valence-corrected chi connectivity index (χ3v) is 2.06. The average Bonchev–Trinajstić information content (AvgIpc) is 2.75. The van der Waals surface area contributed by atoms with Gasteiger partial charge in [-0.15, -0.1) is 10.2 Å². The second-order valence-electron chi connectivity index (χ2n) is 3.04. The van der Waals surface area contributed by atoms with Crippen LogP contribution in [0.1, 0.15) is 5.56 Å². The van der Waals surface area contributed by atoms with Crippen molar-refractivity contribution in [1.82, 2.24) is 10.2 Å². The van der Waals surface area contributed by atoms with E-state index in [1.54, 1.807) is 6.07 Å². The van der Waals surface area contributed by atoms with Crippen molar-refractivity contribution in [3.05, 3.63) is 30.2 Å². The van der Waals surface area contributed by atoms with Gasteiger partial charge in [0.15, 0.2) is 0 Å². The Labute approximate surface area is 86.1 Å². The van der Waals surface area contributed by atoms with E-state index in [0.29, 0.717) is 12.3 Å². The zero-order valence-electron chi connectivity index (χ0n) is 8.10. The Morgan fingerprint density at radius 1 is 1.47 bits per heavy atom. The van der Waals surface area contributed by atoms with Gasteiger partial charge in [0.25, 0.3) is 0 Å². The standard InChI is InChI=1S/C10H9N3O2/c1-7-2-3-8(4-9(7)11-5-14)10-13-12-6-15-10/h2-6H,1H3,(H,11,14). The van der Waals surface area contributed by atoms with Gasteiger partial charge in [-0.05, 0) is 24.6 Å². The van der Waals surface area contributed by atoms with Gasteiger partial charge in [0.2, 0.25) is 18.7 Å². The maximum Gasteiger partial charge on any atom is 0.247 e. The van der Waals surface area contributed by atoms with Crippen molar-refractivity contribution in [3.63, 3.8) is 0 Å². The molecule has 0 aliphatic carbocycles. The van der Waals surface area contributed by atoms with Crippen LogP contribution < -0.4 is 5.32 Å². The Bertz CT molecular complexity index is 466. The largest absolute Gasteiger partial charge is 0.423 e. The van der Waals surface area contributed by atoms with Crippen LogP contribution in [0.5, 0.6) is 0 Å². The maximum atomic E-state index is 10.4. The van der Waals surface area contributed by atoms with Crippen molar-refractivity contribution in [2.24, 2.45) is 0 Å². The number of rotatable bonds is 3. The lowest BCUT2D eigenvalue weighted by molar-refractivity contribution is -0.105. The molecule has 1 N–H and O–H groups in total. The van der Waals surface area contributed by atoms with E-state index in [2.05, 4.69) is 15.5 Å². The lowest BCUT2D eigenvalue weighted by Gasteiger charge is -2.04. The van der Waals surface area contributed by atoms with Crippen LogP contribution >= 0.6 is 0 Å². The minimum atomic E-state index is 0.434. The molecule has 0 aliphatic rings. The van der Waals surface area contributed by atoms with Crippen molar-refractivity contribution in [1.29, 1.82) is 0 Å². The number of carbonyl (C=O) groups is 1. The third-order valence-electron chi connectivity index (χ3n) is 2.06. The molecule has 5 nitrogen and oxygen atoms in total. The summed E-state index contributed by atoms with van der Waals surface area (Å²) in [6.07, 6.45) is 1.90. The van der Waals surface area contributed by atoms with Crippen molar-refractivity contribution in [2.45, 2.75) is 6.92 Å². The van der Waals surface area contributed by atoms with E-state index in [0.717, 1.165) is 16.8 Å². The van der Waals surface area contributed by atoms with Gasteiger partial charge in [-0.3, -0.25) is 4.79 Å². The fourth-order valence-electron chi connectivity index (χ4n) is 1.27. The Hall–Kier alpha value is -2.17. The molecule has 0 fully saturated rings. The zero-order valence-corrected chi connectivity index (χ0v) is 8.10. The molecule has 0 spiro atoms. The topological polar surface area (TPSA) is 68.0 Å². The van der Waals surface area contributed by atoms with Crippen LogP contribution in [0, 0.1) is 6.92 Å². The highest BCUT2D eigenvalue weighted by Crippen LogP contribution is 2.23. The quantitative estimate of drug-likeness (QED) is 0.769. The molecular weight excluding hydrogens is 194 g/mol. The van der Waals surface area contributed by atoms with Gasteiger partial charge in [-0.25, -0.2) is 0 Å². The first-order chi connectivity index (χ1) is 7.31. The fourth-order valence-corrected chi connectivity index (χ4v) is 1.27. The molecular formula is C10H9N3O2. The predicted molar refractivity (Wildman–Crippen MR) is 54.2 cm³/mol. The van der Waals surface area contributed by atoms with Crippen molar-refractivity contribution < 1.29 is 9.21 Å². The lowest BCUT2D eigenvalue weighted by Crippen LogP contribution is -1.96. The number of hydrogen-bond donors (Lipinski definition) is 1. The van der Waals surface area contributed by atoms with E-state index in [1.807, 2.05) is 19.1 Å². The van der Waals surface area contributed by atoms with E-state index >= 15 is 0 Å². The van der Waals surface area contributed by atoms with E-state index < -0.39 is 0 Å². The number of amides is 1. The van der Waals surface area contributed by atoms with Gasteiger partial charge in [0.05, 0.1) is 0 Å². The summed E-state index contributed by atoms with van der Waals surface area (Å²) in [5, 5.41) is 9.98. The van der Waals surface area contributed by atoms with Crippen LogP contribution in [0.2, 0.25) is 0 Å². The minimum Gasteiger partial charge on any atom is -0.423 e. The molecule has 5 heteroatoms. The second-order valence-corrected chi connectivity index (χ2v) is 3.04. The zero-order chi connectivity index (χ0) is 10.7. The normalized spacial score (nSPS) is 9.93. The molecule has 1 amide bonds. The van der Waals surface area contributed by atoms with Crippen LogP contribution in [-0.2, 0) is 4.79 Å². The van der Waals surface area contributed by atoms with Crippen molar-refractivity contribution >= 4 is 12.1 Å². The lowest BCUT2D eigenvalue weighted by atomic mass is 10.1. The first-order valence-corrected chi connectivity index (χ1v) is 4.38. The van der Waals surface area contributed by atoms with Crippen LogP contribution in [0.15, 0.2) is 29.0 Å². The van der Waals surface area contributed by atoms with Gasteiger partial charge >= 0.3 is 0 Å². The Balaban J connectivity index is 2.42. The monoisotopic (exact) mass is 203 g/mol. The number of anilines is 1. The van der Waals surface area contributed by atoms with Crippen molar-refractivity contribution in [3.8, 4) is 11.5 Å². The molecule has 0 radical (unpaired) electrons. The van der Waals surface area contributed by atoms with Gasteiger partial charge in [0, 0.05) is 11.3 Å². The summed E-state index contributed by atoms with van der Waals surface area (Å²) in [7, 11) is 0. The summed E-state index contributed by atoms with van der Waals surface area (Å²) in [6, 6.07) is 5.53. The molecule has 2 aromatic rings. The molecule has 0 atom stereocenters. The van der Waals surface area contributed by atoms with Crippen molar-refractivity contribution in [2.75, 3.05) is 5.32 Å². The highest BCUT2D eigenvalue weighted by atomic mass is 16.4. The summed E-state index contributed by atoms with van der Waals surface area (Å²) in [6.45, 7) is 1.91. The summed E-state index contributed by atoms with van der Waals surface area (Å²) in [4.78, 5) is 10.4. The summed E-state index contributed by atoms with van der Waals surface area (Å²) in [5.41, 5.74) is 2.49. The van der Waals surface area contributed by atoms with E-state index in [-0.39, 0.29) is 0 Å². The summed E-state index contributed by atoms with van der Waals surface area (Å²) < 4.78 is 5.05. The smallest absolute Gasteiger partial charge is 0.247 e. The molecule has 0 saturated heterocycles. The van der Waals surface area contributed by atoms with Crippen LogP contribution in [0.25, 0.3) is 11.5 Å². The molecule has 15 heavy (non-hydrogen) atoms. The van der Waals surface area contributed by atoms with E-state index in [9.17, 15) is 4.79 Å². The number of nitrogens with zero attached hydrogens (tertiary/aromatic N) is 2. The number of aryl methyl sites for hydroxylation is 1. The Morgan fingerprint density at radius 3 is 3.00 bits per heavy atom. The highest BCUT2D eigenvalue weighted by molar-refractivity contribution is 5.76. The van der Waals surface area contributed by atoms with Gasteiger partial charge in [0.1, 0.15) is 0 Å². The molecule has 1 aromatic carbocycles. The number of hydrogen-bond acceptors (Lipinski definition) is 4. The predicted octanol–water partition coefficient (Wildman–Crippen LogP) is 1.61. The number of carbonyl (C=O) groups excluding carboxylic acids is 1. The molecule has 1 heterocycles. The Morgan fingerprint density at radius 2 is 2.33 bits per heavy atom. The average molecular weight is 203 g/mol. The number of aromatic nitrogens is 2. The minimum absolute atomic E-state index is 0.434. The van der Waals surface area contributed by atoms with Gasteiger partial charge in [-0.1, -0.05) is 6.07 Å². The maximum absolute atomic E-state index is 10.4. The van der Waals surface area contributed by atoms with Crippen LogP contribution in [-0.4, -0.2) is 16.6 Å². The molecule has 0 unspecified atom stereocenters. The summed E-state index contributed by atoms with van der Waals surface area (Å²) in [5.74, 6) is 0.434. The molecule has 1 aromatic heterocycles. The number of nitrogens with one attached hydrogen (secondary N) is 1. The second kappa shape index (κ2) is 3.91. The Kier molecular flexibility index (Phi) is 2.45.